The largest absolute Gasteiger partial charge is 0.416 e. The van der Waals surface area contributed by atoms with Crippen molar-refractivity contribution < 1.29 is 27.8 Å². The van der Waals surface area contributed by atoms with Crippen LogP contribution in [-0.4, -0.2) is 37.1 Å². The minimum atomic E-state index is -4.34. The quantitative estimate of drug-likeness (QED) is 0.918. The number of aliphatic hydroxyl groups excluding tert-OH is 1. The van der Waals surface area contributed by atoms with Crippen LogP contribution in [0.2, 0.25) is 0 Å². The number of ether oxygens (including phenoxy) is 2. The predicted molar refractivity (Wildman–Crippen MR) is 61.7 cm³/mol. The minimum Gasteiger partial charge on any atom is -0.390 e. The van der Waals surface area contributed by atoms with Crippen LogP contribution in [0.3, 0.4) is 0 Å². The highest BCUT2D eigenvalue weighted by Gasteiger charge is 2.30. The Hall–Kier alpha value is -1.11. The average molecular weight is 276 g/mol. The molecule has 19 heavy (non-hydrogen) atoms. The van der Waals surface area contributed by atoms with Crippen LogP contribution in [0, 0.1) is 0 Å². The van der Waals surface area contributed by atoms with Crippen LogP contribution in [0.5, 0.6) is 0 Å². The van der Waals surface area contributed by atoms with Crippen molar-refractivity contribution in [2.75, 3.05) is 19.8 Å². The maximum atomic E-state index is 12.4. The number of benzene rings is 1. The maximum absolute atomic E-state index is 12.4. The van der Waals surface area contributed by atoms with E-state index in [0.29, 0.717) is 25.4 Å². The fourth-order valence-electron chi connectivity index (χ4n) is 1.93. The third kappa shape index (κ3) is 3.92. The van der Waals surface area contributed by atoms with Crippen LogP contribution in [-0.2, 0) is 22.1 Å². The second-order valence-electron chi connectivity index (χ2n) is 4.45. The number of hydrogen-bond donors (Lipinski definition) is 1. The van der Waals surface area contributed by atoms with Gasteiger partial charge in [0.25, 0.3) is 0 Å². The lowest BCUT2D eigenvalue weighted by atomic mass is 10.0. The Morgan fingerprint density at radius 2 is 1.89 bits per heavy atom. The molecule has 2 atom stereocenters. The molecular weight excluding hydrogens is 261 g/mol. The zero-order valence-corrected chi connectivity index (χ0v) is 10.2. The van der Waals surface area contributed by atoms with Gasteiger partial charge in [-0.25, -0.2) is 0 Å². The van der Waals surface area contributed by atoms with Crippen molar-refractivity contribution >= 4 is 0 Å². The molecule has 2 rings (SSSR count). The van der Waals surface area contributed by atoms with Crippen molar-refractivity contribution in [3.8, 4) is 0 Å². The molecule has 106 valence electrons. The Balaban J connectivity index is 1.95. The van der Waals surface area contributed by atoms with Crippen molar-refractivity contribution in [1.82, 2.24) is 0 Å². The summed E-state index contributed by atoms with van der Waals surface area (Å²) in [5.74, 6) is 0. The molecule has 1 aromatic rings. The predicted octanol–water partition coefficient (Wildman–Crippen LogP) is 2.02. The molecule has 1 fully saturated rings. The normalized spacial score (nSPS) is 22.2. The minimum absolute atomic E-state index is 0.242. The van der Waals surface area contributed by atoms with Crippen molar-refractivity contribution in [2.24, 2.45) is 0 Å². The number of rotatable bonds is 3. The van der Waals surface area contributed by atoms with Gasteiger partial charge >= 0.3 is 6.18 Å². The topological polar surface area (TPSA) is 38.7 Å². The lowest BCUT2D eigenvalue weighted by Gasteiger charge is -2.27. The van der Waals surface area contributed by atoms with Gasteiger partial charge in [-0.3, -0.25) is 0 Å². The monoisotopic (exact) mass is 276 g/mol. The van der Waals surface area contributed by atoms with E-state index in [1.807, 2.05) is 0 Å². The second kappa shape index (κ2) is 5.90. The number of hydrogen-bond acceptors (Lipinski definition) is 3. The molecule has 2 unspecified atom stereocenters. The molecule has 3 nitrogen and oxygen atoms in total. The Bertz CT molecular complexity index is 397. The van der Waals surface area contributed by atoms with Gasteiger partial charge in [-0.1, -0.05) is 12.1 Å². The summed E-state index contributed by atoms with van der Waals surface area (Å²) in [6, 6.07) is 4.77. The second-order valence-corrected chi connectivity index (χ2v) is 4.45. The molecule has 0 saturated carbocycles. The highest BCUT2D eigenvalue weighted by Crippen LogP contribution is 2.29. The van der Waals surface area contributed by atoms with Crippen LogP contribution < -0.4 is 0 Å². The summed E-state index contributed by atoms with van der Waals surface area (Å²) in [5, 5.41) is 9.93. The lowest BCUT2D eigenvalue weighted by Crippen LogP contribution is -2.39. The summed E-state index contributed by atoms with van der Waals surface area (Å²) < 4.78 is 47.7. The molecular formula is C13H15F3O3. The zero-order valence-electron chi connectivity index (χ0n) is 10.2. The van der Waals surface area contributed by atoms with Crippen LogP contribution >= 0.6 is 0 Å². The van der Waals surface area contributed by atoms with Gasteiger partial charge in [0.2, 0.25) is 0 Å². The van der Waals surface area contributed by atoms with E-state index in [0.717, 1.165) is 12.1 Å². The fourth-order valence-corrected chi connectivity index (χ4v) is 1.93. The Labute approximate surface area is 108 Å². The standard InChI is InChI=1S/C13H15F3O3/c14-13(15,16)10-3-1-9(2-4-10)7-11(17)12-8-18-5-6-19-12/h1-4,11-12,17H,5-8H2. The zero-order chi connectivity index (χ0) is 13.9. The Morgan fingerprint density at radius 3 is 2.42 bits per heavy atom. The molecule has 1 heterocycles. The van der Waals surface area contributed by atoms with E-state index < -0.39 is 23.9 Å². The average Bonchev–Trinajstić information content (AvgIpc) is 2.39. The van der Waals surface area contributed by atoms with E-state index in [2.05, 4.69) is 0 Å². The van der Waals surface area contributed by atoms with Crippen molar-refractivity contribution in [2.45, 2.75) is 24.8 Å². The van der Waals surface area contributed by atoms with E-state index in [9.17, 15) is 18.3 Å². The maximum Gasteiger partial charge on any atom is 0.416 e. The third-order valence-corrected chi connectivity index (χ3v) is 3.00. The number of alkyl halides is 3. The highest BCUT2D eigenvalue weighted by molar-refractivity contribution is 5.25. The smallest absolute Gasteiger partial charge is 0.390 e. The van der Waals surface area contributed by atoms with E-state index in [1.54, 1.807) is 0 Å². The van der Waals surface area contributed by atoms with E-state index in [4.69, 9.17) is 9.47 Å². The summed E-state index contributed by atoms with van der Waals surface area (Å²) in [7, 11) is 0. The van der Waals surface area contributed by atoms with Gasteiger partial charge in [-0.15, -0.1) is 0 Å². The SMILES string of the molecule is OC(Cc1ccc(C(F)(F)F)cc1)C1COCCO1. The Morgan fingerprint density at radius 1 is 1.21 bits per heavy atom. The first-order valence-electron chi connectivity index (χ1n) is 6.00. The fraction of sp³-hybridized carbons (Fsp3) is 0.538. The van der Waals surface area contributed by atoms with Crippen LogP contribution in [0.15, 0.2) is 24.3 Å². The van der Waals surface area contributed by atoms with Gasteiger partial charge < -0.3 is 14.6 Å². The molecule has 1 aliphatic rings. The Kier molecular flexibility index (Phi) is 4.44. The molecule has 0 aromatic heterocycles. The number of aliphatic hydroxyl groups is 1. The lowest BCUT2D eigenvalue weighted by molar-refractivity contribution is -0.137. The van der Waals surface area contributed by atoms with Crippen LogP contribution in [0.25, 0.3) is 0 Å². The summed E-state index contributed by atoms with van der Waals surface area (Å²) in [4.78, 5) is 0. The first-order chi connectivity index (χ1) is 8.97. The van der Waals surface area contributed by atoms with E-state index in [-0.39, 0.29) is 6.42 Å². The molecule has 0 aliphatic carbocycles. The summed E-state index contributed by atoms with van der Waals surface area (Å²) in [6.07, 6.45) is -5.29. The van der Waals surface area contributed by atoms with E-state index in [1.165, 1.54) is 12.1 Å². The van der Waals surface area contributed by atoms with Gasteiger partial charge in [0.1, 0.15) is 6.10 Å². The van der Waals surface area contributed by atoms with Gasteiger partial charge in [-0.2, -0.15) is 13.2 Å². The first kappa shape index (κ1) is 14.3. The van der Waals surface area contributed by atoms with Gasteiger partial charge in [-0.05, 0) is 17.7 Å². The third-order valence-electron chi connectivity index (χ3n) is 3.00. The van der Waals surface area contributed by atoms with Gasteiger partial charge in [0, 0.05) is 6.42 Å². The van der Waals surface area contributed by atoms with Crippen molar-refractivity contribution in [1.29, 1.82) is 0 Å². The van der Waals surface area contributed by atoms with Gasteiger partial charge in [0.15, 0.2) is 0 Å². The van der Waals surface area contributed by atoms with Crippen molar-refractivity contribution in [3.63, 3.8) is 0 Å². The first-order valence-corrected chi connectivity index (χ1v) is 6.00. The summed E-state index contributed by atoms with van der Waals surface area (Å²) >= 11 is 0. The highest BCUT2D eigenvalue weighted by atomic mass is 19.4. The molecule has 6 heteroatoms. The van der Waals surface area contributed by atoms with Crippen molar-refractivity contribution in [3.05, 3.63) is 35.4 Å². The molecule has 0 bridgehead atoms. The summed E-state index contributed by atoms with van der Waals surface area (Å²) in [6.45, 7) is 1.24. The summed E-state index contributed by atoms with van der Waals surface area (Å²) in [5.41, 5.74) is -0.0577. The van der Waals surface area contributed by atoms with Gasteiger partial charge in [0.05, 0.1) is 31.5 Å². The molecule has 1 aromatic carbocycles. The molecule has 0 radical (unpaired) electrons. The molecule has 0 spiro atoms. The van der Waals surface area contributed by atoms with Crippen LogP contribution in [0.4, 0.5) is 13.2 Å². The number of halogens is 3. The molecule has 1 aliphatic heterocycles. The molecule has 1 N–H and O–H groups in total. The van der Waals surface area contributed by atoms with Crippen LogP contribution in [0.1, 0.15) is 11.1 Å². The molecule has 1 saturated heterocycles. The molecule has 0 amide bonds. The van der Waals surface area contributed by atoms with E-state index >= 15 is 0 Å².